The SMILES string of the molecule is O=C1c2ccccc2SC=CN1Cc1ccc(F)cc1. The van der Waals surface area contributed by atoms with Crippen molar-refractivity contribution in [2.45, 2.75) is 11.4 Å². The van der Waals surface area contributed by atoms with Gasteiger partial charge in [-0.2, -0.15) is 0 Å². The van der Waals surface area contributed by atoms with Crippen molar-refractivity contribution < 1.29 is 9.18 Å². The van der Waals surface area contributed by atoms with Crippen LogP contribution in [0.2, 0.25) is 0 Å². The zero-order valence-corrected chi connectivity index (χ0v) is 11.4. The third-order valence-corrected chi connectivity index (χ3v) is 3.95. The molecular weight excluding hydrogens is 273 g/mol. The summed E-state index contributed by atoms with van der Waals surface area (Å²) in [6.45, 7) is 0.435. The van der Waals surface area contributed by atoms with Crippen molar-refractivity contribution in [3.8, 4) is 0 Å². The molecule has 2 aromatic rings. The van der Waals surface area contributed by atoms with E-state index in [2.05, 4.69) is 0 Å². The van der Waals surface area contributed by atoms with Crippen LogP contribution in [0.15, 0.2) is 65.0 Å². The van der Waals surface area contributed by atoms with Gasteiger partial charge < -0.3 is 4.90 Å². The Kier molecular flexibility index (Phi) is 3.56. The Morgan fingerprint density at radius 1 is 1.05 bits per heavy atom. The second kappa shape index (κ2) is 5.51. The third-order valence-electron chi connectivity index (χ3n) is 3.08. The zero-order valence-electron chi connectivity index (χ0n) is 10.6. The van der Waals surface area contributed by atoms with Crippen molar-refractivity contribution in [2.24, 2.45) is 0 Å². The van der Waals surface area contributed by atoms with Crippen LogP contribution in [0.25, 0.3) is 0 Å². The summed E-state index contributed by atoms with van der Waals surface area (Å²) in [5.74, 6) is -0.307. The molecule has 1 aliphatic heterocycles. The van der Waals surface area contributed by atoms with E-state index in [0.29, 0.717) is 12.1 Å². The van der Waals surface area contributed by atoms with Gasteiger partial charge in [0, 0.05) is 11.1 Å². The second-order valence-corrected chi connectivity index (χ2v) is 5.41. The van der Waals surface area contributed by atoms with E-state index in [-0.39, 0.29) is 11.7 Å². The highest BCUT2D eigenvalue weighted by molar-refractivity contribution is 8.02. The van der Waals surface area contributed by atoms with Gasteiger partial charge in [-0.05, 0) is 35.2 Å². The van der Waals surface area contributed by atoms with Gasteiger partial charge in [0.15, 0.2) is 0 Å². The number of amides is 1. The minimum atomic E-state index is -0.271. The zero-order chi connectivity index (χ0) is 13.9. The molecular formula is C16H12FNOS. The van der Waals surface area contributed by atoms with Crippen LogP contribution in [-0.2, 0) is 6.54 Å². The van der Waals surface area contributed by atoms with Crippen molar-refractivity contribution in [3.63, 3.8) is 0 Å². The average molecular weight is 285 g/mol. The number of thioether (sulfide) groups is 1. The van der Waals surface area contributed by atoms with E-state index in [0.717, 1.165) is 10.5 Å². The first-order valence-electron chi connectivity index (χ1n) is 6.22. The van der Waals surface area contributed by atoms with E-state index in [1.807, 2.05) is 29.7 Å². The highest BCUT2D eigenvalue weighted by atomic mass is 32.2. The number of hydrogen-bond donors (Lipinski definition) is 0. The fraction of sp³-hybridized carbons (Fsp3) is 0.0625. The molecule has 1 aliphatic rings. The average Bonchev–Trinajstić information content (AvgIpc) is 2.62. The molecule has 2 aromatic carbocycles. The van der Waals surface area contributed by atoms with Crippen LogP contribution in [0.1, 0.15) is 15.9 Å². The molecule has 0 bridgehead atoms. The number of hydrogen-bond acceptors (Lipinski definition) is 2. The maximum Gasteiger partial charge on any atom is 0.259 e. The molecule has 0 saturated heterocycles. The molecule has 0 unspecified atom stereocenters. The molecule has 0 spiro atoms. The number of fused-ring (bicyclic) bond motifs is 1. The predicted octanol–water partition coefficient (Wildman–Crippen LogP) is 4.05. The predicted molar refractivity (Wildman–Crippen MR) is 77.7 cm³/mol. The Morgan fingerprint density at radius 2 is 1.80 bits per heavy atom. The number of halogens is 1. The normalized spacial score (nSPS) is 14.1. The lowest BCUT2D eigenvalue weighted by Crippen LogP contribution is -2.24. The largest absolute Gasteiger partial charge is 0.310 e. The first-order valence-corrected chi connectivity index (χ1v) is 7.10. The van der Waals surface area contributed by atoms with Crippen LogP contribution in [-0.4, -0.2) is 10.8 Å². The van der Waals surface area contributed by atoms with Gasteiger partial charge in [0.2, 0.25) is 0 Å². The van der Waals surface area contributed by atoms with Gasteiger partial charge in [-0.15, -0.1) is 0 Å². The highest BCUT2D eigenvalue weighted by Crippen LogP contribution is 2.28. The summed E-state index contributed by atoms with van der Waals surface area (Å²) < 4.78 is 12.9. The van der Waals surface area contributed by atoms with Crippen LogP contribution in [0.4, 0.5) is 4.39 Å². The summed E-state index contributed by atoms with van der Waals surface area (Å²) in [6, 6.07) is 13.7. The second-order valence-electron chi connectivity index (χ2n) is 4.46. The van der Waals surface area contributed by atoms with Crippen LogP contribution in [0.3, 0.4) is 0 Å². The van der Waals surface area contributed by atoms with Crippen LogP contribution < -0.4 is 0 Å². The van der Waals surface area contributed by atoms with Crippen LogP contribution in [0.5, 0.6) is 0 Å². The summed E-state index contributed by atoms with van der Waals surface area (Å²) in [4.78, 5) is 15.1. The number of benzene rings is 2. The molecule has 20 heavy (non-hydrogen) atoms. The minimum absolute atomic E-state index is 0.0359. The van der Waals surface area contributed by atoms with Gasteiger partial charge in [0.1, 0.15) is 5.82 Å². The van der Waals surface area contributed by atoms with Crippen LogP contribution >= 0.6 is 11.8 Å². The third kappa shape index (κ3) is 2.60. The Morgan fingerprint density at radius 3 is 2.60 bits per heavy atom. The molecule has 1 heterocycles. The molecule has 0 radical (unpaired) electrons. The molecule has 1 amide bonds. The van der Waals surface area contributed by atoms with Crippen molar-refractivity contribution in [2.75, 3.05) is 0 Å². The molecule has 0 aliphatic carbocycles. The van der Waals surface area contributed by atoms with E-state index in [1.54, 1.807) is 23.2 Å². The maximum atomic E-state index is 12.9. The molecule has 0 aromatic heterocycles. The number of rotatable bonds is 2. The van der Waals surface area contributed by atoms with E-state index in [4.69, 9.17) is 0 Å². The molecule has 3 rings (SSSR count). The smallest absolute Gasteiger partial charge is 0.259 e. The lowest BCUT2D eigenvalue weighted by molar-refractivity contribution is 0.0811. The standard InChI is InChI=1S/C16H12FNOS/c17-13-7-5-12(6-8-13)11-18-9-10-20-15-4-2-1-3-14(15)16(18)19/h1-10H,11H2. The molecule has 0 atom stereocenters. The molecule has 100 valence electrons. The first-order chi connectivity index (χ1) is 9.74. The molecule has 0 fully saturated rings. The van der Waals surface area contributed by atoms with E-state index < -0.39 is 0 Å². The van der Waals surface area contributed by atoms with Gasteiger partial charge in [0.25, 0.3) is 5.91 Å². The van der Waals surface area contributed by atoms with Crippen molar-refractivity contribution >= 4 is 17.7 Å². The molecule has 0 saturated carbocycles. The Hall–Kier alpha value is -2.07. The molecule has 0 N–H and O–H groups in total. The van der Waals surface area contributed by atoms with E-state index in [1.165, 1.54) is 23.9 Å². The van der Waals surface area contributed by atoms with Gasteiger partial charge in [-0.3, -0.25) is 4.79 Å². The van der Waals surface area contributed by atoms with Crippen LogP contribution in [0, 0.1) is 5.82 Å². The quantitative estimate of drug-likeness (QED) is 0.830. The first kappa shape index (κ1) is 12.9. The minimum Gasteiger partial charge on any atom is -0.310 e. The monoisotopic (exact) mass is 285 g/mol. The number of carbonyl (C=O) groups excluding carboxylic acids is 1. The van der Waals surface area contributed by atoms with E-state index >= 15 is 0 Å². The van der Waals surface area contributed by atoms with E-state index in [9.17, 15) is 9.18 Å². The summed E-state index contributed by atoms with van der Waals surface area (Å²) in [5.41, 5.74) is 1.60. The van der Waals surface area contributed by atoms with Crippen molar-refractivity contribution in [1.29, 1.82) is 0 Å². The topological polar surface area (TPSA) is 20.3 Å². The molecule has 4 heteroatoms. The summed E-state index contributed by atoms with van der Waals surface area (Å²) in [5, 5.41) is 1.90. The van der Waals surface area contributed by atoms with Crippen molar-refractivity contribution in [1.82, 2.24) is 4.90 Å². The fourth-order valence-electron chi connectivity index (χ4n) is 2.06. The van der Waals surface area contributed by atoms with Gasteiger partial charge in [0.05, 0.1) is 12.1 Å². The summed E-state index contributed by atoms with van der Waals surface area (Å²) >= 11 is 1.53. The maximum absolute atomic E-state index is 12.9. The van der Waals surface area contributed by atoms with Gasteiger partial charge in [-0.1, -0.05) is 36.0 Å². The Labute approximate surface area is 120 Å². The number of carbonyl (C=O) groups is 1. The van der Waals surface area contributed by atoms with Gasteiger partial charge >= 0.3 is 0 Å². The summed E-state index contributed by atoms with van der Waals surface area (Å²) in [6.07, 6.45) is 1.77. The fourth-order valence-corrected chi connectivity index (χ4v) is 2.85. The Bertz CT molecular complexity index is 666. The van der Waals surface area contributed by atoms with Gasteiger partial charge in [-0.25, -0.2) is 4.39 Å². The lowest BCUT2D eigenvalue weighted by Gasteiger charge is -2.17. The number of nitrogens with zero attached hydrogens (tertiary/aromatic N) is 1. The molecule has 2 nitrogen and oxygen atoms in total. The summed E-state index contributed by atoms with van der Waals surface area (Å²) in [7, 11) is 0. The lowest BCUT2D eigenvalue weighted by atomic mass is 10.1. The van der Waals surface area contributed by atoms with Crippen molar-refractivity contribution in [3.05, 3.63) is 77.1 Å². The highest BCUT2D eigenvalue weighted by Gasteiger charge is 2.19. The Balaban J connectivity index is 1.87.